The molecule has 0 amide bonds. The number of piperidine rings is 1. The molecule has 0 radical (unpaired) electrons. The number of hydrogen-bond donors (Lipinski definition) is 2. The van der Waals surface area contributed by atoms with Crippen molar-refractivity contribution in [2.45, 2.75) is 57.5 Å². The van der Waals surface area contributed by atoms with Crippen LogP contribution in [0.2, 0.25) is 0 Å². The van der Waals surface area contributed by atoms with Crippen LogP contribution in [0.5, 0.6) is 0 Å². The molecule has 29 heavy (non-hydrogen) atoms. The summed E-state index contributed by atoms with van der Waals surface area (Å²) in [7, 11) is 0. The van der Waals surface area contributed by atoms with E-state index in [-0.39, 0.29) is 5.69 Å². The Hall–Kier alpha value is -2.66. The molecule has 1 aliphatic heterocycles. The number of rotatable bonds is 5. The number of carbonyl (C=O) groups is 1. The van der Waals surface area contributed by atoms with E-state index < -0.39 is 5.97 Å². The maximum atomic E-state index is 11.2. The highest BCUT2D eigenvalue weighted by atomic mass is 16.4. The summed E-state index contributed by atoms with van der Waals surface area (Å²) < 4.78 is 0. The molecule has 5 nitrogen and oxygen atoms in total. The first-order valence-electron chi connectivity index (χ1n) is 10.6. The number of aromatic amines is 1. The van der Waals surface area contributed by atoms with E-state index in [1.807, 2.05) is 6.07 Å². The monoisotopic (exact) mass is 389 g/mol. The standard InChI is InChI=1S/C24H27N3O2/c1-15-12-19(16-5-6-16)20(18-9-10-25-23(15)18)14-27-11-3-2-4-22(27)17-7-8-21(24(28)29)26-13-17/h7-10,12-13,16,22,25H,2-6,11,14H2,1H3,(H,28,29). The Balaban J connectivity index is 1.50. The number of H-pyrrole nitrogens is 1. The zero-order valence-corrected chi connectivity index (χ0v) is 16.8. The van der Waals surface area contributed by atoms with Crippen molar-refractivity contribution in [2.24, 2.45) is 0 Å². The quantitative estimate of drug-likeness (QED) is 0.631. The number of carboxylic acid groups (broad SMARTS) is 1. The van der Waals surface area contributed by atoms with Crippen LogP contribution in [0.25, 0.3) is 10.9 Å². The van der Waals surface area contributed by atoms with E-state index in [1.165, 1.54) is 53.3 Å². The summed E-state index contributed by atoms with van der Waals surface area (Å²) in [5.41, 5.74) is 6.82. The molecule has 2 aromatic heterocycles. The van der Waals surface area contributed by atoms with Crippen LogP contribution in [-0.2, 0) is 6.54 Å². The van der Waals surface area contributed by atoms with E-state index in [0.29, 0.717) is 12.0 Å². The van der Waals surface area contributed by atoms with Gasteiger partial charge >= 0.3 is 5.97 Å². The van der Waals surface area contributed by atoms with Crippen molar-refractivity contribution in [1.29, 1.82) is 0 Å². The third-order valence-corrected chi connectivity index (χ3v) is 6.57. The highest BCUT2D eigenvalue weighted by Crippen LogP contribution is 2.45. The van der Waals surface area contributed by atoms with Gasteiger partial charge in [-0.15, -0.1) is 0 Å². The van der Waals surface area contributed by atoms with Gasteiger partial charge in [0.2, 0.25) is 0 Å². The molecule has 1 unspecified atom stereocenters. The van der Waals surface area contributed by atoms with E-state index >= 15 is 0 Å². The van der Waals surface area contributed by atoms with E-state index in [2.05, 4.69) is 40.1 Å². The number of aromatic carboxylic acids is 1. The van der Waals surface area contributed by atoms with Gasteiger partial charge in [-0.3, -0.25) is 4.90 Å². The Kier molecular flexibility index (Phi) is 4.63. The Morgan fingerprint density at radius 2 is 2.10 bits per heavy atom. The minimum atomic E-state index is -0.972. The number of nitrogens with zero attached hydrogens (tertiary/aromatic N) is 2. The number of carboxylic acids is 1. The first-order valence-corrected chi connectivity index (χ1v) is 10.6. The molecule has 5 rings (SSSR count). The molecule has 1 atom stereocenters. The molecule has 3 heterocycles. The number of hydrogen-bond acceptors (Lipinski definition) is 3. The number of benzene rings is 1. The van der Waals surface area contributed by atoms with Crippen LogP contribution in [0.1, 0.15) is 76.8 Å². The molecule has 3 aromatic rings. The number of fused-ring (bicyclic) bond motifs is 1. The summed E-state index contributed by atoms with van der Waals surface area (Å²) in [6.07, 6.45) is 9.91. The van der Waals surface area contributed by atoms with Crippen molar-refractivity contribution in [3.63, 3.8) is 0 Å². The second-order valence-electron chi connectivity index (χ2n) is 8.57. The average molecular weight is 389 g/mol. The van der Waals surface area contributed by atoms with E-state index in [0.717, 1.165) is 25.1 Å². The van der Waals surface area contributed by atoms with Crippen LogP contribution < -0.4 is 0 Å². The molecule has 0 bridgehead atoms. The molecular weight excluding hydrogens is 362 g/mol. The fraction of sp³-hybridized carbons (Fsp3) is 0.417. The first kappa shape index (κ1) is 18.4. The highest BCUT2D eigenvalue weighted by molar-refractivity contribution is 5.87. The zero-order chi connectivity index (χ0) is 20.0. The number of aryl methyl sites for hydroxylation is 1. The maximum absolute atomic E-state index is 11.2. The van der Waals surface area contributed by atoms with Crippen LogP contribution in [0, 0.1) is 6.92 Å². The van der Waals surface area contributed by atoms with Crippen LogP contribution in [0.3, 0.4) is 0 Å². The van der Waals surface area contributed by atoms with Gasteiger partial charge in [-0.25, -0.2) is 9.78 Å². The van der Waals surface area contributed by atoms with E-state index in [1.54, 1.807) is 12.3 Å². The van der Waals surface area contributed by atoms with Gasteiger partial charge in [0.25, 0.3) is 0 Å². The molecule has 1 saturated carbocycles. The number of aromatic nitrogens is 2. The van der Waals surface area contributed by atoms with Crippen molar-refractivity contribution in [3.8, 4) is 0 Å². The Morgan fingerprint density at radius 3 is 2.83 bits per heavy atom. The summed E-state index contributed by atoms with van der Waals surface area (Å²) in [5.74, 6) is -0.261. The summed E-state index contributed by atoms with van der Waals surface area (Å²) >= 11 is 0. The number of likely N-dealkylation sites (tertiary alicyclic amines) is 1. The molecule has 2 aliphatic rings. The smallest absolute Gasteiger partial charge is 0.354 e. The van der Waals surface area contributed by atoms with Gasteiger partial charge in [0, 0.05) is 35.9 Å². The summed E-state index contributed by atoms with van der Waals surface area (Å²) in [6, 6.07) is 8.50. The van der Waals surface area contributed by atoms with Gasteiger partial charge in [0.1, 0.15) is 5.69 Å². The topological polar surface area (TPSA) is 69.2 Å². The molecular formula is C24H27N3O2. The molecule has 0 spiro atoms. The van der Waals surface area contributed by atoms with Gasteiger partial charge in [-0.05, 0) is 79.5 Å². The molecule has 1 saturated heterocycles. The molecule has 1 aliphatic carbocycles. The van der Waals surface area contributed by atoms with Crippen molar-refractivity contribution >= 4 is 16.9 Å². The molecule has 150 valence electrons. The number of pyridine rings is 1. The van der Waals surface area contributed by atoms with Crippen molar-refractivity contribution in [1.82, 2.24) is 14.9 Å². The van der Waals surface area contributed by atoms with E-state index in [9.17, 15) is 4.79 Å². The molecule has 2 N–H and O–H groups in total. The van der Waals surface area contributed by atoms with Crippen molar-refractivity contribution in [3.05, 3.63) is 64.6 Å². The number of nitrogens with one attached hydrogen (secondary N) is 1. The minimum Gasteiger partial charge on any atom is -0.477 e. The summed E-state index contributed by atoms with van der Waals surface area (Å²) in [4.78, 5) is 21.3. The second kappa shape index (κ2) is 7.30. The largest absolute Gasteiger partial charge is 0.477 e. The van der Waals surface area contributed by atoms with Gasteiger partial charge in [-0.2, -0.15) is 0 Å². The van der Waals surface area contributed by atoms with Crippen LogP contribution in [0.4, 0.5) is 0 Å². The Morgan fingerprint density at radius 1 is 1.24 bits per heavy atom. The van der Waals surface area contributed by atoms with Gasteiger partial charge in [0.05, 0.1) is 0 Å². The fourth-order valence-corrected chi connectivity index (χ4v) is 4.92. The van der Waals surface area contributed by atoms with Gasteiger partial charge in [0.15, 0.2) is 0 Å². The Labute approximate surface area is 170 Å². The lowest BCUT2D eigenvalue weighted by atomic mass is 9.92. The average Bonchev–Trinajstić information content (AvgIpc) is 3.46. The highest BCUT2D eigenvalue weighted by Gasteiger charge is 2.31. The first-order chi connectivity index (χ1) is 14.1. The summed E-state index contributed by atoms with van der Waals surface area (Å²) in [5, 5.41) is 10.5. The lowest BCUT2D eigenvalue weighted by Crippen LogP contribution is -2.33. The third-order valence-electron chi connectivity index (χ3n) is 6.57. The minimum absolute atomic E-state index is 0.111. The van der Waals surface area contributed by atoms with E-state index in [4.69, 9.17) is 5.11 Å². The third kappa shape index (κ3) is 3.44. The molecule has 2 fully saturated rings. The van der Waals surface area contributed by atoms with Crippen LogP contribution in [-0.4, -0.2) is 32.5 Å². The van der Waals surface area contributed by atoms with Gasteiger partial charge < -0.3 is 10.1 Å². The predicted octanol–water partition coefficient (Wildman–Crippen LogP) is 5.17. The van der Waals surface area contributed by atoms with Crippen molar-refractivity contribution < 1.29 is 9.90 Å². The second-order valence-corrected chi connectivity index (χ2v) is 8.57. The lowest BCUT2D eigenvalue weighted by molar-refractivity contribution is 0.0690. The Bertz CT molecular complexity index is 1050. The maximum Gasteiger partial charge on any atom is 0.354 e. The van der Waals surface area contributed by atoms with Crippen molar-refractivity contribution in [2.75, 3.05) is 6.54 Å². The summed E-state index contributed by atoms with van der Waals surface area (Å²) in [6.45, 7) is 4.20. The van der Waals surface area contributed by atoms with Gasteiger partial charge in [-0.1, -0.05) is 18.6 Å². The molecule has 5 heteroatoms. The SMILES string of the molecule is Cc1cc(C2CC2)c(CN2CCCCC2c2ccc(C(=O)O)nc2)c2cc[nH]c12. The lowest BCUT2D eigenvalue weighted by Gasteiger charge is -2.36. The predicted molar refractivity (Wildman–Crippen MR) is 113 cm³/mol. The normalized spacial score (nSPS) is 20.2. The fourth-order valence-electron chi connectivity index (χ4n) is 4.92. The van der Waals surface area contributed by atoms with Crippen LogP contribution >= 0.6 is 0 Å². The van der Waals surface area contributed by atoms with Crippen LogP contribution in [0.15, 0.2) is 36.7 Å². The zero-order valence-electron chi connectivity index (χ0n) is 16.8. The molecule has 1 aromatic carbocycles.